The number of rotatable bonds is 3. The number of benzene rings is 2. The van der Waals surface area contributed by atoms with E-state index in [-0.39, 0.29) is 17.0 Å². The number of nitrogens with one attached hydrogen (secondary N) is 1. The van der Waals surface area contributed by atoms with Crippen LogP contribution in [0.2, 0.25) is 0 Å². The number of fused-ring (bicyclic) bond motifs is 3. The van der Waals surface area contributed by atoms with Gasteiger partial charge in [-0.2, -0.15) is 0 Å². The number of carbonyl (C=O) groups excluding carboxylic acids is 1. The number of anilines is 1. The Morgan fingerprint density at radius 1 is 1.13 bits per heavy atom. The summed E-state index contributed by atoms with van der Waals surface area (Å²) in [5, 5.41) is 14.3. The molecule has 0 radical (unpaired) electrons. The van der Waals surface area contributed by atoms with Crippen molar-refractivity contribution in [1.82, 2.24) is 4.90 Å². The Morgan fingerprint density at radius 3 is 2.52 bits per heavy atom. The van der Waals surface area contributed by atoms with E-state index in [4.69, 9.17) is 9.47 Å². The fourth-order valence-corrected chi connectivity index (χ4v) is 5.30. The van der Waals surface area contributed by atoms with E-state index in [1.807, 2.05) is 11.0 Å². The van der Waals surface area contributed by atoms with Gasteiger partial charge < -0.3 is 19.7 Å². The van der Waals surface area contributed by atoms with Gasteiger partial charge in [0.05, 0.1) is 4.92 Å². The van der Waals surface area contributed by atoms with Gasteiger partial charge in [-0.05, 0) is 48.2 Å². The Hall–Kier alpha value is -3.29. The van der Waals surface area contributed by atoms with Crippen LogP contribution in [0, 0.1) is 10.1 Å². The Labute approximate surface area is 180 Å². The van der Waals surface area contributed by atoms with Crippen LogP contribution in [0.1, 0.15) is 47.2 Å². The molecule has 1 fully saturated rings. The highest BCUT2D eigenvalue weighted by molar-refractivity contribution is 5.96. The van der Waals surface area contributed by atoms with E-state index >= 15 is 0 Å². The maximum atomic E-state index is 13.4. The third-order valence-electron chi connectivity index (χ3n) is 6.75. The molecule has 1 saturated carbocycles. The third kappa shape index (κ3) is 3.26. The minimum atomic E-state index is -0.462. The van der Waals surface area contributed by atoms with Crippen LogP contribution < -0.4 is 14.8 Å². The average molecular weight is 423 g/mol. The summed E-state index contributed by atoms with van der Waals surface area (Å²) in [7, 11) is 1.63. The highest BCUT2D eigenvalue weighted by Crippen LogP contribution is 2.49. The second kappa shape index (κ2) is 7.44. The smallest absolute Gasteiger partial charge is 0.293 e. The van der Waals surface area contributed by atoms with E-state index in [1.165, 1.54) is 11.6 Å². The fraction of sp³-hybridized carbons (Fsp3) is 0.435. The molecule has 0 atom stereocenters. The van der Waals surface area contributed by atoms with Crippen molar-refractivity contribution in [3.8, 4) is 11.5 Å². The minimum Gasteiger partial charge on any atom is -0.486 e. The molecule has 1 aliphatic carbocycles. The maximum absolute atomic E-state index is 13.4. The van der Waals surface area contributed by atoms with E-state index in [9.17, 15) is 14.9 Å². The van der Waals surface area contributed by atoms with Crippen molar-refractivity contribution in [2.45, 2.75) is 37.6 Å². The molecular weight excluding hydrogens is 398 g/mol. The summed E-state index contributed by atoms with van der Waals surface area (Å²) in [6, 6.07) is 8.74. The lowest BCUT2D eigenvalue weighted by Gasteiger charge is -2.43. The molecule has 31 heavy (non-hydrogen) atoms. The van der Waals surface area contributed by atoms with E-state index < -0.39 is 4.92 Å². The molecule has 0 unspecified atom stereocenters. The van der Waals surface area contributed by atoms with Gasteiger partial charge in [0.25, 0.3) is 11.6 Å². The SMILES string of the molecule is CNc1ccc(C(=O)N2Cc3cc4c(cc3C3(CCCC3)C2)OCCO4)cc1[N+](=O)[O-]. The molecule has 1 N–H and O–H groups in total. The zero-order chi connectivity index (χ0) is 21.6. The van der Waals surface area contributed by atoms with E-state index in [0.717, 1.165) is 42.7 Å². The molecule has 1 spiro atoms. The van der Waals surface area contributed by atoms with Gasteiger partial charge in [0.15, 0.2) is 11.5 Å². The number of nitro groups is 1. The van der Waals surface area contributed by atoms with Crippen LogP contribution in [-0.4, -0.2) is 42.5 Å². The van der Waals surface area contributed by atoms with E-state index in [1.54, 1.807) is 19.2 Å². The van der Waals surface area contributed by atoms with Gasteiger partial charge in [-0.25, -0.2) is 0 Å². The van der Waals surface area contributed by atoms with Crippen molar-refractivity contribution >= 4 is 17.3 Å². The molecule has 8 nitrogen and oxygen atoms in total. The first-order valence-corrected chi connectivity index (χ1v) is 10.7. The second-order valence-corrected chi connectivity index (χ2v) is 8.54. The molecule has 0 aromatic heterocycles. The average Bonchev–Trinajstić information content (AvgIpc) is 3.25. The van der Waals surface area contributed by atoms with Crippen molar-refractivity contribution in [3.05, 3.63) is 57.1 Å². The first kappa shape index (κ1) is 19.7. The Morgan fingerprint density at radius 2 is 1.84 bits per heavy atom. The van der Waals surface area contributed by atoms with Gasteiger partial charge in [-0.3, -0.25) is 14.9 Å². The first-order chi connectivity index (χ1) is 15.0. The summed E-state index contributed by atoms with van der Waals surface area (Å²) in [6.45, 7) is 2.13. The van der Waals surface area contributed by atoms with Gasteiger partial charge in [0.1, 0.15) is 18.9 Å². The highest BCUT2D eigenvalue weighted by Gasteiger charge is 2.44. The number of carbonyl (C=O) groups is 1. The van der Waals surface area contributed by atoms with Gasteiger partial charge in [0.2, 0.25) is 0 Å². The van der Waals surface area contributed by atoms with Crippen LogP contribution in [0.3, 0.4) is 0 Å². The summed E-state index contributed by atoms with van der Waals surface area (Å²) >= 11 is 0. The zero-order valence-corrected chi connectivity index (χ0v) is 17.5. The van der Waals surface area contributed by atoms with Crippen LogP contribution in [0.4, 0.5) is 11.4 Å². The summed E-state index contributed by atoms with van der Waals surface area (Å²) in [6.07, 6.45) is 4.28. The molecule has 2 aromatic rings. The molecule has 3 aliphatic rings. The number of hydrogen-bond donors (Lipinski definition) is 1. The predicted octanol–water partition coefficient (Wildman–Crippen LogP) is 3.88. The lowest BCUT2D eigenvalue weighted by Crippen LogP contribution is -2.46. The predicted molar refractivity (Wildman–Crippen MR) is 115 cm³/mol. The van der Waals surface area contributed by atoms with Crippen LogP contribution in [0.25, 0.3) is 0 Å². The van der Waals surface area contributed by atoms with Crippen molar-refractivity contribution < 1.29 is 19.2 Å². The van der Waals surface area contributed by atoms with Gasteiger partial charge in [0, 0.05) is 37.2 Å². The summed E-state index contributed by atoms with van der Waals surface area (Å²) < 4.78 is 11.6. The molecule has 1 amide bonds. The van der Waals surface area contributed by atoms with Gasteiger partial charge >= 0.3 is 0 Å². The van der Waals surface area contributed by atoms with Crippen molar-refractivity contribution in [2.75, 3.05) is 32.1 Å². The lowest BCUT2D eigenvalue weighted by molar-refractivity contribution is -0.384. The second-order valence-electron chi connectivity index (χ2n) is 8.54. The minimum absolute atomic E-state index is 0.0963. The number of nitro benzene ring substituents is 1. The molecule has 5 rings (SSSR count). The lowest BCUT2D eigenvalue weighted by atomic mass is 9.73. The Kier molecular flexibility index (Phi) is 4.72. The van der Waals surface area contributed by atoms with Gasteiger partial charge in [-0.15, -0.1) is 0 Å². The van der Waals surface area contributed by atoms with Gasteiger partial charge in [-0.1, -0.05) is 12.8 Å². The molecule has 2 aromatic carbocycles. The monoisotopic (exact) mass is 423 g/mol. The summed E-state index contributed by atoms with van der Waals surface area (Å²) in [5.74, 6) is 1.33. The normalized spacial score (nSPS) is 18.5. The van der Waals surface area contributed by atoms with Crippen molar-refractivity contribution in [2.24, 2.45) is 0 Å². The molecule has 8 heteroatoms. The molecular formula is C23H25N3O5. The highest BCUT2D eigenvalue weighted by atomic mass is 16.6. The largest absolute Gasteiger partial charge is 0.486 e. The topological polar surface area (TPSA) is 93.9 Å². The van der Waals surface area contributed by atoms with Crippen LogP contribution in [0.15, 0.2) is 30.3 Å². The molecule has 2 heterocycles. The van der Waals surface area contributed by atoms with Crippen molar-refractivity contribution in [3.63, 3.8) is 0 Å². The van der Waals surface area contributed by atoms with Crippen LogP contribution in [0.5, 0.6) is 11.5 Å². The van der Waals surface area contributed by atoms with E-state index in [2.05, 4.69) is 11.4 Å². The maximum Gasteiger partial charge on any atom is 0.293 e. The van der Waals surface area contributed by atoms with Crippen LogP contribution >= 0.6 is 0 Å². The van der Waals surface area contributed by atoms with Crippen molar-refractivity contribution in [1.29, 1.82) is 0 Å². The standard InChI is InChI=1S/C23H25N3O5/c1-24-18-5-4-15(10-19(18)26(28)29)22(27)25-13-16-11-20-21(31-9-8-30-20)12-17(16)23(14-25)6-2-3-7-23/h4-5,10-12,24H,2-3,6-9,13-14H2,1H3. The fourth-order valence-electron chi connectivity index (χ4n) is 5.30. The van der Waals surface area contributed by atoms with E-state index in [0.29, 0.717) is 37.6 Å². The number of nitrogens with zero attached hydrogens (tertiary/aromatic N) is 2. The molecule has 0 bridgehead atoms. The third-order valence-corrected chi connectivity index (χ3v) is 6.75. The number of hydrogen-bond acceptors (Lipinski definition) is 6. The molecule has 0 saturated heterocycles. The summed E-state index contributed by atoms with van der Waals surface area (Å²) in [5.41, 5.74) is 2.86. The Bertz CT molecular complexity index is 1060. The first-order valence-electron chi connectivity index (χ1n) is 10.7. The number of amides is 1. The molecule has 2 aliphatic heterocycles. The number of ether oxygens (including phenoxy) is 2. The van der Waals surface area contributed by atoms with Crippen LogP contribution in [-0.2, 0) is 12.0 Å². The zero-order valence-electron chi connectivity index (χ0n) is 17.5. The summed E-state index contributed by atoms with van der Waals surface area (Å²) in [4.78, 5) is 26.3. The molecule has 162 valence electrons. The quantitative estimate of drug-likeness (QED) is 0.595. The Balaban J connectivity index is 1.53.